The number of rotatable bonds is 9. The first-order valence-electron chi connectivity index (χ1n) is 22.7. The second kappa shape index (κ2) is 20.2. The molecule has 3 aromatic heterocycles. The van der Waals surface area contributed by atoms with Gasteiger partial charge in [-0.2, -0.15) is 0 Å². The van der Waals surface area contributed by atoms with E-state index in [9.17, 15) is 0 Å². The molecular weight excluding hydrogens is 749 g/mol. The Hall–Kier alpha value is -4.74. The van der Waals surface area contributed by atoms with Crippen LogP contribution < -0.4 is 0 Å². The van der Waals surface area contributed by atoms with Crippen LogP contribution in [0.3, 0.4) is 0 Å². The van der Waals surface area contributed by atoms with Crippen LogP contribution in [0.15, 0.2) is 110 Å². The zero-order valence-electron chi connectivity index (χ0n) is 38.6. The summed E-state index contributed by atoms with van der Waals surface area (Å²) in [5.41, 5.74) is 10.7. The first kappa shape index (κ1) is 44.8. The maximum Gasteiger partial charge on any atom is 0.144 e. The van der Waals surface area contributed by atoms with Crippen molar-refractivity contribution in [3.05, 3.63) is 142 Å². The Morgan fingerprint density at radius 3 is 1.75 bits per heavy atom. The van der Waals surface area contributed by atoms with Crippen LogP contribution in [0.2, 0.25) is 0 Å². The molecule has 0 unspecified atom stereocenters. The number of hydrogen-bond donors (Lipinski definition) is 0. The number of nitrogens with zero attached hydrogens (tertiary/aromatic N) is 4. The Balaban J connectivity index is 0.000000185. The third-order valence-corrected chi connectivity index (χ3v) is 13.2. The van der Waals surface area contributed by atoms with Gasteiger partial charge in [-0.05, 0) is 94.4 Å². The summed E-state index contributed by atoms with van der Waals surface area (Å²) < 4.78 is 4.67. The largest absolute Gasteiger partial charge is 0.299 e. The maximum atomic E-state index is 4.81. The van der Waals surface area contributed by atoms with Gasteiger partial charge in [0, 0.05) is 45.7 Å². The highest BCUT2D eigenvalue weighted by atomic mass is 32.1. The molecule has 1 saturated carbocycles. The predicted octanol–water partition coefficient (Wildman–Crippen LogP) is 16.8. The van der Waals surface area contributed by atoms with Gasteiger partial charge in [0.15, 0.2) is 0 Å². The van der Waals surface area contributed by atoms with Crippen LogP contribution in [0, 0.1) is 12.8 Å². The van der Waals surface area contributed by atoms with E-state index in [1.54, 1.807) is 10.4 Å². The number of hydrogen-bond acceptors (Lipinski definition) is 3. The van der Waals surface area contributed by atoms with Crippen LogP contribution in [0.1, 0.15) is 170 Å². The molecule has 5 heteroatoms. The van der Waals surface area contributed by atoms with Crippen molar-refractivity contribution in [1.82, 2.24) is 19.1 Å². The van der Waals surface area contributed by atoms with Crippen molar-refractivity contribution in [2.75, 3.05) is 0 Å². The molecule has 0 aliphatic heterocycles. The molecule has 316 valence electrons. The van der Waals surface area contributed by atoms with Crippen molar-refractivity contribution in [2.24, 2.45) is 5.92 Å². The molecule has 1 fully saturated rings. The monoisotopic (exact) mass is 819 g/mol. The summed E-state index contributed by atoms with van der Waals surface area (Å²) >= 11 is 2.09. The summed E-state index contributed by atoms with van der Waals surface area (Å²) in [4.78, 5) is 12.7. The fourth-order valence-corrected chi connectivity index (χ4v) is 10.4. The molecule has 0 atom stereocenters. The van der Waals surface area contributed by atoms with Crippen LogP contribution in [0.4, 0.5) is 0 Å². The first-order valence-corrected chi connectivity index (χ1v) is 23.5. The fourth-order valence-electron chi connectivity index (χ4n) is 8.81. The molecule has 60 heavy (non-hydrogen) atoms. The molecule has 0 bridgehead atoms. The molecular formula is C55H70N4S. The Kier molecular flexibility index (Phi) is 15.1. The van der Waals surface area contributed by atoms with Crippen molar-refractivity contribution in [1.29, 1.82) is 0 Å². The minimum Gasteiger partial charge on any atom is -0.299 e. The lowest BCUT2D eigenvalue weighted by Gasteiger charge is -2.24. The van der Waals surface area contributed by atoms with Crippen molar-refractivity contribution in [3.63, 3.8) is 0 Å². The third-order valence-electron chi connectivity index (χ3n) is 11.5. The summed E-state index contributed by atoms with van der Waals surface area (Å²) in [6.45, 7) is 27.2. The van der Waals surface area contributed by atoms with Gasteiger partial charge >= 0.3 is 0 Å². The number of thiophene rings is 1. The average molecular weight is 819 g/mol. The van der Waals surface area contributed by atoms with Crippen LogP contribution in [-0.4, -0.2) is 19.1 Å². The third kappa shape index (κ3) is 9.89. The van der Waals surface area contributed by atoms with Crippen LogP contribution in [0.5, 0.6) is 0 Å². The second-order valence-electron chi connectivity index (χ2n) is 18.7. The Bertz CT molecular complexity index is 2430. The minimum absolute atomic E-state index is 0.412. The first-order chi connectivity index (χ1) is 28.8. The van der Waals surface area contributed by atoms with Gasteiger partial charge < -0.3 is 0 Å². The van der Waals surface area contributed by atoms with Crippen molar-refractivity contribution in [3.8, 4) is 34.2 Å². The van der Waals surface area contributed by atoms with Crippen LogP contribution in [0.25, 0.3) is 44.9 Å². The Morgan fingerprint density at radius 1 is 0.583 bits per heavy atom. The maximum absolute atomic E-state index is 4.81. The van der Waals surface area contributed by atoms with Crippen molar-refractivity contribution < 1.29 is 0 Å². The van der Waals surface area contributed by atoms with E-state index in [-0.39, 0.29) is 0 Å². The van der Waals surface area contributed by atoms with E-state index in [4.69, 9.17) is 9.97 Å². The van der Waals surface area contributed by atoms with Gasteiger partial charge in [-0.3, -0.25) is 9.13 Å². The highest BCUT2D eigenvalue weighted by molar-refractivity contribution is 7.12. The number of imidazole rings is 2. The molecule has 4 aromatic carbocycles. The van der Waals surface area contributed by atoms with Crippen LogP contribution >= 0.6 is 11.3 Å². The molecule has 1 aliphatic carbocycles. The van der Waals surface area contributed by atoms with Gasteiger partial charge in [-0.25, -0.2) is 9.97 Å². The average Bonchev–Trinajstić information content (AvgIpc) is 4.00. The van der Waals surface area contributed by atoms with Gasteiger partial charge in [-0.1, -0.05) is 174 Å². The molecule has 8 rings (SSSR count). The summed E-state index contributed by atoms with van der Waals surface area (Å²) in [6.07, 6.45) is 15.0. The van der Waals surface area contributed by atoms with E-state index >= 15 is 0 Å². The molecule has 7 aromatic rings. The summed E-state index contributed by atoms with van der Waals surface area (Å²) in [6, 6.07) is 30.2. The number of aromatic nitrogens is 4. The quantitative estimate of drug-likeness (QED) is 0.145. The summed E-state index contributed by atoms with van der Waals surface area (Å²) in [5.74, 6) is 5.50. The highest BCUT2D eigenvalue weighted by Crippen LogP contribution is 2.48. The zero-order chi connectivity index (χ0) is 43.1. The Morgan fingerprint density at radius 2 is 1.15 bits per heavy atom. The molecule has 0 saturated heterocycles. The highest BCUT2D eigenvalue weighted by Gasteiger charge is 2.30. The topological polar surface area (TPSA) is 35.6 Å². The van der Waals surface area contributed by atoms with E-state index < -0.39 is 0 Å². The molecule has 0 N–H and O–H groups in total. The van der Waals surface area contributed by atoms with Gasteiger partial charge in [-0.15, -0.1) is 11.3 Å². The lowest BCUT2D eigenvalue weighted by atomic mass is 9.84. The standard InChI is InChI=1S/C26H34N2S.C25H26N2.C4H10/c1-17(2)22-23(24(18(3)4)29-25(22)20-12-7-6-8-13-20)28-16-15-27-26(28)21-14-10-9-11-19(21)5;1-17(2)22-16-20-12-8-9-13-21(20)23(18(3)4)24(22)27-15-14-26-25(27)19-10-6-5-7-11-19;1-4(2)3/h9-11,14-18,20H,6-8,12-13H2,1-5H3;5-18H,1-4H3;4H,1-3H3. The van der Waals surface area contributed by atoms with E-state index in [1.165, 1.54) is 81.4 Å². The lowest BCUT2D eigenvalue weighted by Crippen LogP contribution is -2.09. The molecule has 0 radical (unpaired) electrons. The van der Waals surface area contributed by atoms with E-state index in [0.29, 0.717) is 23.7 Å². The fraction of sp³-hybridized carbons (Fsp3) is 0.418. The van der Waals surface area contributed by atoms with Gasteiger partial charge in [0.05, 0.1) is 11.4 Å². The van der Waals surface area contributed by atoms with Crippen molar-refractivity contribution in [2.45, 2.75) is 145 Å². The van der Waals surface area contributed by atoms with Crippen molar-refractivity contribution >= 4 is 22.1 Å². The molecule has 4 nitrogen and oxygen atoms in total. The minimum atomic E-state index is 0.412. The Labute approximate surface area is 366 Å². The van der Waals surface area contributed by atoms with Gasteiger partial charge in [0.25, 0.3) is 0 Å². The van der Waals surface area contributed by atoms with E-state index in [0.717, 1.165) is 29.0 Å². The lowest BCUT2D eigenvalue weighted by molar-refractivity contribution is 0.445. The van der Waals surface area contributed by atoms with Gasteiger partial charge in [0.2, 0.25) is 0 Å². The van der Waals surface area contributed by atoms with E-state index in [2.05, 4.69) is 195 Å². The SMILES string of the molecule is CC(C)C.CC(C)c1cc2ccccc2c(C(C)C)c1-n1ccnc1-c1ccccc1.Cc1ccccc1-c1nccn1-c1c(C(C)C)sc(C2CCCCC2)c1C(C)C. The molecule has 0 amide bonds. The number of aryl methyl sites for hydroxylation is 1. The molecule has 1 aliphatic rings. The summed E-state index contributed by atoms with van der Waals surface area (Å²) in [5, 5.41) is 2.65. The molecule has 0 spiro atoms. The zero-order valence-corrected chi connectivity index (χ0v) is 39.4. The van der Waals surface area contributed by atoms with E-state index in [1.807, 2.05) is 18.5 Å². The number of benzene rings is 4. The number of fused-ring (bicyclic) bond motifs is 1. The summed E-state index contributed by atoms with van der Waals surface area (Å²) in [7, 11) is 0. The predicted molar refractivity (Wildman–Crippen MR) is 261 cm³/mol. The van der Waals surface area contributed by atoms with Gasteiger partial charge in [0.1, 0.15) is 11.6 Å². The van der Waals surface area contributed by atoms with Crippen LogP contribution in [-0.2, 0) is 0 Å². The molecule has 3 heterocycles. The smallest absolute Gasteiger partial charge is 0.144 e. The second-order valence-corrected chi connectivity index (χ2v) is 19.7. The normalized spacial score (nSPS) is 13.3.